The van der Waals surface area contributed by atoms with E-state index in [2.05, 4.69) is 17.1 Å². The first kappa shape index (κ1) is 14.4. The molecule has 3 nitrogen and oxygen atoms in total. The Bertz CT molecular complexity index is 338. The Morgan fingerprint density at radius 3 is 2.60 bits per heavy atom. The van der Waals surface area contributed by atoms with Crippen molar-refractivity contribution in [2.75, 3.05) is 13.1 Å². The second-order valence-electron chi connectivity index (χ2n) is 7.28. The number of likely N-dealkylation sites (tertiary alicyclic amines) is 1. The van der Waals surface area contributed by atoms with E-state index in [1.54, 1.807) is 0 Å². The van der Waals surface area contributed by atoms with Gasteiger partial charge in [0.15, 0.2) is 0 Å². The van der Waals surface area contributed by atoms with Crippen LogP contribution in [-0.2, 0) is 4.79 Å². The standard InChI is InChI=1S/C17H30N2O/c1-13-9-10-18-15(12-13)17(20)19-11-5-8-16(19)14-6-3-2-4-7-14/h13-16,18H,2-12H2,1H3. The second-order valence-corrected chi connectivity index (χ2v) is 7.28. The van der Waals surface area contributed by atoms with Gasteiger partial charge in [-0.05, 0) is 56.9 Å². The van der Waals surface area contributed by atoms with Gasteiger partial charge in [-0.3, -0.25) is 4.79 Å². The summed E-state index contributed by atoms with van der Waals surface area (Å²) < 4.78 is 0. The molecular formula is C17H30N2O. The molecule has 1 saturated carbocycles. The van der Waals surface area contributed by atoms with Crippen molar-refractivity contribution < 1.29 is 4.79 Å². The Hall–Kier alpha value is -0.570. The predicted molar refractivity (Wildman–Crippen MR) is 81.5 cm³/mol. The van der Waals surface area contributed by atoms with E-state index in [0.29, 0.717) is 17.9 Å². The molecule has 0 aromatic carbocycles. The van der Waals surface area contributed by atoms with E-state index in [-0.39, 0.29) is 6.04 Å². The van der Waals surface area contributed by atoms with Crippen LogP contribution < -0.4 is 5.32 Å². The molecule has 1 N–H and O–H groups in total. The Labute approximate surface area is 123 Å². The normalized spacial score (nSPS) is 36.2. The molecule has 20 heavy (non-hydrogen) atoms. The van der Waals surface area contributed by atoms with Crippen LogP contribution in [-0.4, -0.2) is 36.0 Å². The van der Waals surface area contributed by atoms with Crippen LogP contribution >= 0.6 is 0 Å². The molecule has 3 aliphatic rings. The van der Waals surface area contributed by atoms with Crippen molar-refractivity contribution in [3.8, 4) is 0 Å². The smallest absolute Gasteiger partial charge is 0.239 e. The van der Waals surface area contributed by atoms with E-state index in [9.17, 15) is 4.79 Å². The number of nitrogens with one attached hydrogen (secondary N) is 1. The largest absolute Gasteiger partial charge is 0.338 e. The van der Waals surface area contributed by atoms with E-state index >= 15 is 0 Å². The van der Waals surface area contributed by atoms with Gasteiger partial charge in [-0.15, -0.1) is 0 Å². The van der Waals surface area contributed by atoms with Gasteiger partial charge in [0.1, 0.15) is 0 Å². The van der Waals surface area contributed by atoms with Gasteiger partial charge in [0.25, 0.3) is 0 Å². The van der Waals surface area contributed by atoms with Crippen molar-refractivity contribution in [2.24, 2.45) is 11.8 Å². The highest BCUT2D eigenvalue weighted by atomic mass is 16.2. The zero-order valence-electron chi connectivity index (χ0n) is 12.9. The van der Waals surface area contributed by atoms with Crippen LogP contribution in [0.5, 0.6) is 0 Å². The maximum atomic E-state index is 12.9. The van der Waals surface area contributed by atoms with Gasteiger partial charge in [0.05, 0.1) is 6.04 Å². The zero-order chi connectivity index (χ0) is 13.9. The lowest BCUT2D eigenvalue weighted by Crippen LogP contribution is -2.52. The molecular weight excluding hydrogens is 248 g/mol. The third kappa shape index (κ3) is 3.03. The zero-order valence-corrected chi connectivity index (χ0v) is 12.9. The average Bonchev–Trinajstić information content (AvgIpc) is 2.97. The molecule has 3 unspecified atom stereocenters. The summed E-state index contributed by atoms with van der Waals surface area (Å²) >= 11 is 0. The predicted octanol–water partition coefficient (Wildman–Crippen LogP) is 2.95. The average molecular weight is 278 g/mol. The second kappa shape index (κ2) is 6.46. The number of rotatable bonds is 2. The van der Waals surface area contributed by atoms with Crippen molar-refractivity contribution in [1.29, 1.82) is 0 Å². The molecule has 3 fully saturated rings. The third-order valence-electron chi connectivity index (χ3n) is 5.74. The maximum Gasteiger partial charge on any atom is 0.239 e. The van der Waals surface area contributed by atoms with Gasteiger partial charge in [-0.2, -0.15) is 0 Å². The van der Waals surface area contributed by atoms with Gasteiger partial charge < -0.3 is 10.2 Å². The lowest BCUT2D eigenvalue weighted by molar-refractivity contribution is -0.136. The van der Waals surface area contributed by atoms with E-state index in [1.807, 2.05) is 0 Å². The van der Waals surface area contributed by atoms with Gasteiger partial charge in [0.2, 0.25) is 5.91 Å². The molecule has 3 heteroatoms. The van der Waals surface area contributed by atoms with Gasteiger partial charge >= 0.3 is 0 Å². The quantitative estimate of drug-likeness (QED) is 0.842. The van der Waals surface area contributed by atoms with Gasteiger partial charge in [0, 0.05) is 12.6 Å². The van der Waals surface area contributed by atoms with E-state index in [0.717, 1.165) is 25.4 Å². The fourth-order valence-corrected chi connectivity index (χ4v) is 4.57. The lowest BCUT2D eigenvalue weighted by Gasteiger charge is -2.37. The SMILES string of the molecule is CC1CCNC(C(=O)N2CCCC2C2CCCCC2)C1. The third-order valence-corrected chi connectivity index (χ3v) is 5.74. The van der Waals surface area contributed by atoms with Crippen molar-refractivity contribution in [1.82, 2.24) is 10.2 Å². The first-order chi connectivity index (χ1) is 9.75. The van der Waals surface area contributed by atoms with Crippen LogP contribution in [0.15, 0.2) is 0 Å². The summed E-state index contributed by atoms with van der Waals surface area (Å²) in [5.74, 6) is 1.89. The summed E-state index contributed by atoms with van der Waals surface area (Å²) in [6.07, 6.45) is 11.6. The Balaban J connectivity index is 1.63. The highest BCUT2D eigenvalue weighted by Gasteiger charge is 2.38. The number of hydrogen-bond acceptors (Lipinski definition) is 2. The first-order valence-electron chi connectivity index (χ1n) is 8.79. The Kier molecular flexibility index (Phi) is 4.65. The van der Waals surface area contributed by atoms with Crippen LogP contribution in [0.1, 0.15) is 64.7 Å². The topological polar surface area (TPSA) is 32.3 Å². The van der Waals surface area contributed by atoms with E-state index in [4.69, 9.17) is 0 Å². The fraction of sp³-hybridized carbons (Fsp3) is 0.941. The Morgan fingerprint density at radius 1 is 1.05 bits per heavy atom. The number of carbonyl (C=O) groups excluding carboxylic acids is 1. The molecule has 1 aliphatic carbocycles. The van der Waals surface area contributed by atoms with Crippen molar-refractivity contribution in [2.45, 2.75) is 76.8 Å². The number of carbonyl (C=O) groups is 1. The summed E-state index contributed by atoms with van der Waals surface area (Å²) in [5.41, 5.74) is 0. The summed E-state index contributed by atoms with van der Waals surface area (Å²) in [4.78, 5) is 15.1. The molecule has 0 bridgehead atoms. The summed E-state index contributed by atoms with van der Waals surface area (Å²) in [7, 11) is 0. The minimum absolute atomic E-state index is 0.0999. The van der Waals surface area contributed by atoms with E-state index in [1.165, 1.54) is 51.4 Å². The minimum Gasteiger partial charge on any atom is -0.338 e. The molecule has 1 amide bonds. The van der Waals surface area contributed by atoms with Crippen molar-refractivity contribution in [3.05, 3.63) is 0 Å². The summed E-state index contributed by atoms with van der Waals surface area (Å²) in [5, 5.41) is 3.46. The molecule has 2 heterocycles. The number of amides is 1. The minimum atomic E-state index is 0.0999. The molecule has 0 spiro atoms. The van der Waals surface area contributed by atoms with Crippen LogP contribution in [0.25, 0.3) is 0 Å². The number of hydrogen-bond donors (Lipinski definition) is 1. The van der Waals surface area contributed by atoms with Crippen LogP contribution in [0, 0.1) is 11.8 Å². The lowest BCUT2D eigenvalue weighted by atomic mass is 9.82. The summed E-state index contributed by atoms with van der Waals surface area (Å²) in [6.45, 7) is 4.30. The van der Waals surface area contributed by atoms with Crippen LogP contribution in [0.4, 0.5) is 0 Å². The van der Waals surface area contributed by atoms with Gasteiger partial charge in [-0.1, -0.05) is 26.2 Å². The molecule has 2 aliphatic heterocycles. The molecule has 114 valence electrons. The molecule has 0 aromatic heterocycles. The van der Waals surface area contributed by atoms with Crippen LogP contribution in [0.2, 0.25) is 0 Å². The van der Waals surface area contributed by atoms with Crippen molar-refractivity contribution >= 4 is 5.91 Å². The van der Waals surface area contributed by atoms with Crippen LogP contribution in [0.3, 0.4) is 0 Å². The highest BCUT2D eigenvalue weighted by molar-refractivity contribution is 5.82. The monoisotopic (exact) mass is 278 g/mol. The van der Waals surface area contributed by atoms with E-state index < -0.39 is 0 Å². The fourth-order valence-electron chi connectivity index (χ4n) is 4.57. The van der Waals surface area contributed by atoms with Gasteiger partial charge in [-0.25, -0.2) is 0 Å². The number of nitrogens with zero attached hydrogens (tertiary/aromatic N) is 1. The highest BCUT2D eigenvalue weighted by Crippen LogP contribution is 2.35. The molecule has 2 saturated heterocycles. The Morgan fingerprint density at radius 2 is 1.85 bits per heavy atom. The number of piperidine rings is 1. The molecule has 0 radical (unpaired) electrons. The molecule has 0 aromatic rings. The maximum absolute atomic E-state index is 12.9. The first-order valence-corrected chi connectivity index (χ1v) is 8.79. The summed E-state index contributed by atoms with van der Waals surface area (Å²) in [6, 6.07) is 0.657. The van der Waals surface area contributed by atoms with Crippen molar-refractivity contribution in [3.63, 3.8) is 0 Å². The molecule has 3 atom stereocenters. The molecule has 3 rings (SSSR count).